The summed E-state index contributed by atoms with van der Waals surface area (Å²) in [5.41, 5.74) is -0.919. The van der Waals surface area contributed by atoms with Crippen LogP contribution in [-0.4, -0.2) is 58.1 Å². The second-order valence-corrected chi connectivity index (χ2v) is 7.11. The number of nitrogens with one attached hydrogen (secondary N) is 1. The van der Waals surface area contributed by atoms with E-state index in [1.807, 2.05) is 4.90 Å². The molecule has 1 amide bonds. The molecular formula is C17H20Cl2N2O5. The number of carbonyl (C=O) groups is 3. The van der Waals surface area contributed by atoms with Crippen molar-refractivity contribution >= 4 is 41.0 Å². The largest absolute Gasteiger partial charge is 0.481 e. The molecule has 142 valence electrons. The summed E-state index contributed by atoms with van der Waals surface area (Å²) in [6, 6.07) is 4.89. The highest BCUT2D eigenvalue weighted by atomic mass is 35.5. The minimum absolute atomic E-state index is 0.00254. The Balaban J connectivity index is 2.01. The highest BCUT2D eigenvalue weighted by Crippen LogP contribution is 2.26. The lowest BCUT2D eigenvalue weighted by atomic mass is 9.87. The molecule has 0 aromatic heterocycles. The molecule has 0 atom stereocenters. The number of benzene rings is 1. The van der Waals surface area contributed by atoms with Gasteiger partial charge in [-0.25, -0.2) is 4.79 Å². The molecule has 0 saturated carbocycles. The number of amides is 1. The summed E-state index contributed by atoms with van der Waals surface area (Å²) >= 11 is 12.1. The van der Waals surface area contributed by atoms with E-state index in [4.69, 9.17) is 28.3 Å². The molecule has 0 radical (unpaired) electrons. The average Bonchev–Trinajstić information content (AvgIpc) is 2.57. The predicted octanol–water partition coefficient (Wildman–Crippen LogP) is 2.05. The summed E-state index contributed by atoms with van der Waals surface area (Å²) < 4.78 is 0. The lowest BCUT2D eigenvalue weighted by Gasteiger charge is -2.39. The Morgan fingerprint density at radius 3 is 2.19 bits per heavy atom. The van der Waals surface area contributed by atoms with Gasteiger partial charge in [-0.2, -0.15) is 0 Å². The summed E-state index contributed by atoms with van der Waals surface area (Å²) in [4.78, 5) is 36.7. The van der Waals surface area contributed by atoms with E-state index in [0.29, 0.717) is 35.2 Å². The second-order valence-electron chi connectivity index (χ2n) is 6.30. The Kier molecular flexibility index (Phi) is 6.86. The monoisotopic (exact) mass is 402 g/mol. The van der Waals surface area contributed by atoms with Gasteiger partial charge < -0.3 is 20.4 Å². The maximum atomic E-state index is 12.4. The summed E-state index contributed by atoms with van der Waals surface area (Å²) in [5.74, 6) is -2.47. The van der Waals surface area contributed by atoms with Crippen molar-refractivity contribution in [2.24, 2.45) is 0 Å². The van der Waals surface area contributed by atoms with E-state index in [9.17, 15) is 19.5 Å². The van der Waals surface area contributed by atoms with Gasteiger partial charge in [0.05, 0.1) is 12.8 Å². The summed E-state index contributed by atoms with van der Waals surface area (Å²) in [6.45, 7) is 1.15. The van der Waals surface area contributed by atoms with Gasteiger partial charge in [-0.3, -0.25) is 9.59 Å². The van der Waals surface area contributed by atoms with Gasteiger partial charge in [0, 0.05) is 29.7 Å². The number of hydrogen-bond acceptors (Lipinski definition) is 4. The Bertz CT molecular complexity index is 682. The molecule has 7 nitrogen and oxygen atoms in total. The quantitative estimate of drug-likeness (QED) is 0.644. The molecule has 1 aliphatic rings. The zero-order valence-corrected chi connectivity index (χ0v) is 15.5. The Hall–Kier alpha value is -1.83. The minimum Gasteiger partial charge on any atom is -0.481 e. The number of carboxylic acid groups (broad SMARTS) is 2. The van der Waals surface area contributed by atoms with Crippen LogP contribution in [0.4, 0.5) is 0 Å². The lowest BCUT2D eigenvalue weighted by Crippen LogP contribution is -2.60. The zero-order valence-electron chi connectivity index (χ0n) is 14.0. The van der Waals surface area contributed by atoms with Gasteiger partial charge in [-0.05, 0) is 30.5 Å². The molecule has 1 aromatic carbocycles. The third-order valence-corrected chi connectivity index (χ3v) is 5.25. The second kappa shape index (κ2) is 8.70. The SMILES string of the molecule is O=C(O)CCN1CCC(NC(=O)Cc2c(Cl)cccc2Cl)(C(=O)O)CC1. The highest BCUT2D eigenvalue weighted by Gasteiger charge is 2.42. The Labute approximate surface area is 160 Å². The number of nitrogens with zero attached hydrogens (tertiary/aromatic N) is 1. The van der Waals surface area contributed by atoms with E-state index >= 15 is 0 Å². The van der Waals surface area contributed by atoms with Crippen LogP contribution in [-0.2, 0) is 20.8 Å². The summed E-state index contributed by atoms with van der Waals surface area (Å²) in [7, 11) is 0. The third kappa shape index (κ3) is 5.09. The molecule has 2 rings (SSSR count). The van der Waals surface area contributed by atoms with Crippen LogP contribution in [0.25, 0.3) is 0 Å². The van der Waals surface area contributed by atoms with Gasteiger partial charge >= 0.3 is 11.9 Å². The third-order valence-electron chi connectivity index (χ3n) is 4.54. The Morgan fingerprint density at radius 1 is 1.12 bits per heavy atom. The fourth-order valence-corrected chi connectivity index (χ4v) is 3.51. The lowest BCUT2D eigenvalue weighted by molar-refractivity contribution is -0.150. The number of carbonyl (C=O) groups excluding carboxylic acids is 1. The molecule has 1 fully saturated rings. The van der Waals surface area contributed by atoms with E-state index in [-0.39, 0.29) is 25.7 Å². The molecular weight excluding hydrogens is 383 g/mol. The van der Waals surface area contributed by atoms with Crippen molar-refractivity contribution in [1.82, 2.24) is 10.2 Å². The number of aliphatic carboxylic acids is 2. The van der Waals surface area contributed by atoms with Gasteiger partial charge in [0.25, 0.3) is 0 Å². The normalized spacial score (nSPS) is 16.8. The first-order valence-corrected chi connectivity index (χ1v) is 8.90. The molecule has 1 saturated heterocycles. The molecule has 3 N–H and O–H groups in total. The summed E-state index contributed by atoms with van der Waals surface area (Å²) in [5, 5.41) is 21.7. The minimum atomic E-state index is -1.37. The number of hydrogen-bond donors (Lipinski definition) is 3. The van der Waals surface area contributed by atoms with Gasteiger partial charge in [0.2, 0.25) is 5.91 Å². The first-order chi connectivity index (χ1) is 12.2. The van der Waals surface area contributed by atoms with Crippen LogP contribution in [0.1, 0.15) is 24.8 Å². The number of carboxylic acids is 2. The van der Waals surface area contributed by atoms with Gasteiger partial charge in [-0.1, -0.05) is 29.3 Å². The maximum absolute atomic E-state index is 12.4. The maximum Gasteiger partial charge on any atom is 0.329 e. The zero-order chi connectivity index (χ0) is 19.3. The van der Waals surface area contributed by atoms with E-state index in [1.165, 1.54) is 0 Å². The number of rotatable bonds is 7. The molecule has 9 heteroatoms. The van der Waals surface area contributed by atoms with Crippen LogP contribution in [0.5, 0.6) is 0 Å². The fourth-order valence-electron chi connectivity index (χ4n) is 2.98. The fraction of sp³-hybridized carbons (Fsp3) is 0.471. The van der Waals surface area contributed by atoms with Crippen molar-refractivity contribution in [3.8, 4) is 0 Å². The van der Waals surface area contributed by atoms with Crippen molar-refractivity contribution in [2.45, 2.75) is 31.2 Å². The topological polar surface area (TPSA) is 107 Å². The molecule has 1 aromatic rings. The van der Waals surface area contributed by atoms with Crippen molar-refractivity contribution < 1.29 is 24.6 Å². The number of halogens is 2. The van der Waals surface area contributed by atoms with Gasteiger partial charge in [-0.15, -0.1) is 0 Å². The molecule has 1 heterocycles. The first kappa shape index (κ1) is 20.5. The van der Waals surface area contributed by atoms with Crippen molar-refractivity contribution in [1.29, 1.82) is 0 Å². The first-order valence-electron chi connectivity index (χ1n) is 8.15. The molecule has 0 spiro atoms. The number of piperidine rings is 1. The molecule has 1 aliphatic heterocycles. The van der Waals surface area contributed by atoms with Gasteiger partial charge in [0.15, 0.2) is 0 Å². The molecule has 0 unspecified atom stereocenters. The van der Waals surface area contributed by atoms with Gasteiger partial charge in [0.1, 0.15) is 5.54 Å². The highest BCUT2D eigenvalue weighted by molar-refractivity contribution is 6.36. The van der Waals surface area contributed by atoms with Crippen molar-refractivity contribution in [3.63, 3.8) is 0 Å². The van der Waals surface area contributed by atoms with Crippen LogP contribution < -0.4 is 5.32 Å². The molecule has 0 aliphatic carbocycles. The summed E-state index contributed by atoms with van der Waals surface area (Å²) in [6.07, 6.45) is 0.279. The van der Waals surface area contributed by atoms with Crippen LogP contribution in [0, 0.1) is 0 Å². The van der Waals surface area contributed by atoms with E-state index in [1.54, 1.807) is 18.2 Å². The van der Waals surface area contributed by atoms with Crippen LogP contribution in [0.3, 0.4) is 0 Å². The smallest absolute Gasteiger partial charge is 0.329 e. The Morgan fingerprint density at radius 2 is 1.69 bits per heavy atom. The number of likely N-dealkylation sites (tertiary alicyclic amines) is 1. The predicted molar refractivity (Wildman–Crippen MR) is 96.6 cm³/mol. The standard InChI is InChI=1S/C17H20Cl2N2O5/c18-12-2-1-3-13(19)11(12)10-14(22)20-17(16(25)26)5-8-21(9-6-17)7-4-15(23)24/h1-3H,4-10H2,(H,20,22)(H,23,24)(H,25,26). The average molecular weight is 403 g/mol. The van der Waals surface area contributed by atoms with E-state index in [0.717, 1.165) is 0 Å². The van der Waals surface area contributed by atoms with Crippen molar-refractivity contribution in [2.75, 3.05) is 19.6 Å². The molecule has 26 heavy (non-hydrogen) atoms. The van der Waals surface area contributed by atoms with Crippen LogP contribution in [0.2, 0.25) is 10.0 Å². The van der Waals surface area contributed by atoms with E-state index in [2.05, 4.69) is 5.32 Å². The van der Waals surface area contributed by atoms with Crippen molar-refractivity contribution in [3.05, 3.63) is 33.8 Å². The van der Waals surface area contributed by atoms with Crippen LogP contribution in [0.15, 0.2) is 18.2 Å². The van der Waals surface area contributed by atoms with Crippen LogP contribution >= 0.6 is 23.2 Å². The van der Waals surface area contributed by atoms with E-state index < -0.39 is 23.4 Å². The molecule has 0 bridgehead atoms.